The fourth-order valence-corrected chi connectivity index (χ4v) is 4.25. The second-order valence-electron chi connectivity index (χ2n) is 6.58. The van der Waals surface area contributed by atoms with E-state index in [0.717, 1.165) is 16.9 Å². The van der Waals surface area contributed by atoms with Crippen LogP contribution in [-0.2, 0) is 28.6 Å². The lowest BCUT2D eigenvalue weighted by Gasteiger charge is -2.29. The SMILES string of the molecule is COC(=O)C1=C(C)N=C(C)C(C(=O)OC)[C@H]1C(=O)OCC(=O)c1cc(C)sc1C. The quantitative estimate of drug-likeness (QED) is 0.394. The number of methoxy groups -OCH3 is 2. The van der Waals surface area contributed by atoms with Crippen LogP contribution in [0.5, 0.6) is 0 Å². The Morgan fingerprint density at radius 2 is 1.66 bits per heavy atom. The van der Waals surface area contributed by atoms with Crippen LogP contribution < -0.4 is 0 Å². The van der Waals surface area contributed by atoms with Crippen molar-refractivity contribution >= 4 is 40.7 Å². The highest BCUT2D eigenvalue weighted by Gasteiger charge is 2.46. The molecule has 29 heavy (non-hydrogen) atoms. The van der Waals surface area contributed by atoms with Gasteiger partial charge in [0.2, 0.25) is 5.78 Å². The summed E-state index contributed by atoms with van der Waals surface area (Å²) in [7, 11) is 2.33. The summed E-state index contributed by atoms with van der Waals surface area (Å²) < 4.78 is 14.8. The summed E-state index contributed by atoms with van der Waals surface area (Å²) in [5.41, 5.74) is 0.936. The molecular formula is C20H23NO7S. The summed E-state index contributed by atoms with van der Waals surface area (Å²) in [6, 6.07) is 1.73. The van der Waals surface area contributed by atoms with Gasteiger partial charge in [-0.25, -0.2) is 4.79 Å². The van der Waals surface area contributed by atoms with Gasteiger partial charge in [0.25, 0.3) is 0 Å². The first kappa shape index (κ1) is 22.5. The van der Waals surface area contributed by atoms with Crippen molar-refractivity contribution in [2.24, 2.45) is 16.8 Å². The molecule has 0 aliphatic carbocycles. The summed E-state index contributed by atoms with van der Waals surface area (Å²) >= 11 is 1.47. The van der Waals surface area contributed by atoms with Crippen LogP contribution in [0.2, 0.25) is 0 Å². The number of esters is 3. The molecule has 0 radical (unpaired) electrons. The molecule has 2 rings (SSSR count). The van der Waals surface area contributed by atoms with Gasteiger partial charge in [0.15, 0.2) is 6.61 Å². The van der Waals surface area contributed by atoms with Crippen molar-refractivity contribution in [3.05, 3.63) is 32.7 Å². The molecule has 1 aliphatic rings. The third kappa shape index (κ3) is 4.61. The first-order chi connectivity index (χ1) is 13.6. The summed E-state index contributed by atoms with van der Waals surface area (Å²) in [4.78, 5) is 55.9. The molecule has 1 aromatic rings. The lowest BCUT2D eigenvalue weighted by molar-refractivity contribution is -0.156. The first-order valence-corrected chi connectivity index (χ1v) is 9.62. The summed E-state index contributed by atoms with van der Waals surface area (Å²) in [5.74, 6) is -5.26. The van der Waals surface area contributed by atoms with Gasteiger partial charge in [-0.2, -0.15) is 0 Å². The average Bonchev–Trinajstić information content (AvgIpc) is 3.02. The van der Waals surface area contributed by atoms with E-state index in [2.05, 4.69) is 4.99 Å². The van der Waals surface area contributed by atoms with Gasteiger partial charge < -0.3 is 14.2 Å². The molecule has 0 N–H and O–H groups in total. The summed E-state index contributed by atoms with van der Waals surface area (Å²) in [6.45, 7) is 6.27. The Morgan fingerprint density at radius 1 is 1.00 bits per heavy atom. The normalized spacial score (nSPS) is 18.8. The van der Waals surface area contributed by atoms with Gasteiger partial charge in [0, 0.05) is 26.7 Å². The number of hydrogen-bond donors (Lipinski definition) is 0. The third-order valence-corrected chi connectivity index (χ3v) is 5.60. The minimum absolute atomic E-state index is 0.0893. The maximum absolute atomic E-state index is 12.9. The number of thiophene rings is 1. The van der Waals surface area contributed by atoms with Crippen LogP contribution in [0.25, 0.3) is 0 Å². The first-order valence-electron chi connectivity index (χ1n) is 8.81. The lowest BCUT2D eigenvalue weighted by atomic mass is 9.80. The Bertz CT molecular complexity index is 925. The van der Waals surface area contributed by atoms with Gasteiger partial charge in [0.05, 0.1) is 19.8 Å². The highest BCUT2D eigenvalue weighted by Crippen LogP contribution is 2.33. The Balaban J connectivity index is 2.32. The minimum atomic E-state index is -1.31. The topological polar surface area (TPSA) is 108 Å². The van der Waals surface area contributed by atoms with Gasteiger partial charge >= 0.3 is 17.9 Å². The molecule has 0 saturated carbocycles. The number of aliphatic imine (C=N–C) groups is 1. The second-order valence-corrected chi connectivity index (χ2v) is 8.04. The Labute approximate surface area is 172 Å². The standard InChI is InChI=1S/C20H23NO7S/c1-9-7-13(12(4)29-9)14(22)8-28-20(25)17-15(18(23)26-5)10(2)21-11(3)16(17)19(24)27-6/h7,15,17H,8H2,1-6H3/t15?,17-/m1/s1. The second kappa shape index (κ2) is 9.13. The molecule has 0 spiro atoms. The van der Waals surface area contributed by atoms with E-state index in [4.69, 9.17) is 14.2 Å². The molecular weight excluding hydrogens is 398 g/mol. The number of aryl methyl sites for hydroxylation is 2. The third-order valence-electron chi connectivity index (χ3n) is 4.63. The van der Waals surface area contributed by atoms with Crippen molar-refractivity contribution in [2.75, 3.05) is 20.8 Å². The van der Waals surface area contributed by atoms with Gasteiger partial charge in [0.1, 0.15) is 11.8 Å². The zero-order chi connectivity index (χ0) is 21.9. The van der Waals surface area contributed by atoms with E-state index < -0.39 is 36.4 Å². The van der Waals surface area contributed by atoms with Crippen LogP contribution >= 0.6 is 11.3 Å². The van der Waals surface area contributed by atoms with Crippen molar-refractivity contribution in [1.82, 2.24) is 0 Å². The predicted molar refractivity (Wildman–Crippen MR) is 106 cm³/mol. The van der Waals surface area contributed by atoms with Gasteiger partial charge in [-0.3, -0.25) is 19.4 Å². The molecule has 0 amide bonds. The summed E-state index contributed by atoms with van der Waals surface area (Å²) in [6.07, 6.45) is 0. The zero-order valence-corrected chi connectivity index (χ0v) is 18.0. The van der Waals surface area contributed by atoms with Crippen LogP contribution in [0.4, 0.5) is 0 Å². The van der Waals surface area contributed by atoms with Crippen molar-refractivity contribution in [3.63, 3.8) is 0 Å². The van der Waals surface area contributed by atoms with Crippen molar-refractivity contribution < 1.29 is 33.4 Å². The fraction of sp³-hybridized carbons (Fsp3) is 0.450. The number of allylic oxidation sites excluding steroid dienone is 1. The predicted octanol–water partition coefficient (Wildman–Crippen LogP) is 2.42. The molecule has 2 heterocycles. The molecule has 0 saturated heterocycles. The van der Waals surface area contributed by atoms with E-state index in [0.29, 0.717) is 11.3 Å². The molecule has 1 unspecified atom stereocenters. The number of ketones is 1. The smallest absolute Gasteiger partial charge is 0.336 e. The van der Waals surface area contributed by atoms with E-state index in [9.17, 15) is 19.2 Å². The number of Topliss-reactive ketones (excluding diaryl/α,β-unsaturated/α-hetero) is 1. The van der Waals surface area contributed by atoms with Crippen LogP contribution in [0.3, 0.4) is 0 Å². The van der Waals surface area contributed by atoms with Crippen molar-refractivity contribution in [2.45, 2.75) is 27.7 Å². The number of carbonyl (C=O) groups is 4. The van der Waals surface area contributed by atoms with Crippen molar-refractivity contribution in [3.8, 4) is 0 Å². The van der Waals surface area contributed by atoms with E-state index in [1.807, 2.05) is 13.8 Å². The zero-order valence-electron chi connectivity index (χ0n) is 17.2. The lowest BCUT2D eigenvalue weighted by Crippen LogP contribution is -2.42. The van der Waals surface area contributed by atoms with E-state index in [1.54, 1.807) is 13.0 Å². The molecule has 1 aliphatic heterocycles. The van der Waals surface area contributed by atoms with Crippen LogP contribution in [0.1, 0.15) is 34.0 Å². The summed E-state index contributed by atoms with van der Waals surface area (Å²) in [5, 5.41) is 0. The molecule has 9 heteroatoms. The number of rotatable bonds is 6. The molecule has 156 valence electrons. The van der Waals surface area contributed by atoms with Crippen molar-refractivity contribution in [1.29, 1.82) is 0 Å². The Hall–Kier alpha value is -2.81. The highest BCUT2D eigenvalue weighted by molar-refractivity contribution is 7.12. The van der Waals surface area contributed by atoms with Gasteiger partial charge in [-0.05, 0) is 33.8 Å². The largest absolute Gasteiger partial charge is 0.468 e. The van der Waals surface area contributed by atoms with E-state index in [1.165, 1.54) is 25.4 Å². The monoisotopic (exact) mass is 421 g/mol. The number of nitrogens with zero attached hydrogens (tertiary/aromatic N) is 1. The number of hydrogen-bond acceptors (Lipinski definition) is 9. The average molecular weight is 421 g/mol. The maximum atomic E-state index is 12.9. The molecule has 8 nitrogen and oxygen atoms in total. The van der Waals surface area contributed by atoms with Gasteiger partial charge in [-0.15, -0.1) is 11.3 Å². The molecule has 0 aromatic carbocycles. The van der Waals surface area contributed by atoms with Crippen LogP contribution in [0, 0.1) is 25.7 Å². The highest BCUT2D eigenvalue weighted by atomic mass is 32.1. The Morgan fingerprint density at radius 3 is 2.17 bits per heavy atom. The molecule has 0 bridgehead atoms. The number of ether oxygens (including phenoxy) is 3. The fourth-order valence-electron chi connectivity index (χ4n) is 3.31. The molecule has 2 atom stereocenters. The van der Waals surface area contributed by atoms with E-state index in [-0.39, 0.29) is 17.1 Å². The minimum Gasteiger partial charge on any atom is -0.468 e. The van der Waals surface area contributed by atoms with Crippen LogP contribution in [0.15, 0.2) is 22.3 Å². The van der Waals surface area contributed by atoms with E-state index >= 15 is 0 Å². The molecule has 0 fully saturated rings. The van der Waals surface area contributed by atoms with Gasteiger partial charge in [-0.1, -0.05) is 0 Å². The Kier molecular flexibility index (Phi) is 7.07. The number of carbonyl (C=O) groups excluding carboxylic acids is 4. The van der Waals surface area contributed by atoms with Crippen LogP contribution in [-0.4, -0.2) is 50.2 Å². The molecule has 1 aromatic heterocycles. The maximum Gasteiger partial charge on any atom is 0.336 e.